The normalized spacial score (nSPS) is 25.6. The van der Waals surface area contributed by atoms with E-state index in [9.17, 15) is 19.5 Å². The van der Waals surface area contributed by atoms with Crippen LogP contribution in [0, 0.1) is 11.8 Å². The van der Waals surface area contributed by atoms with Crippen LogP contribution in [0.25, 0.3) is 0 Å². The van der Waals surface area contributed by atoms with Gasteiger partial charge in [-0.3, -0.25) is 9.59 Å². The molecule has 2 aliphatic carbocycles. The predicted molar refractivity (Wildman–Crippen MR) is 125 cm³/mol. The summed E-state index contributed by atoms with van der Waals surface area (Å²) >= 11 is 0. The highest BCUT2D eigenvalue weighted by Crippen LogP contribution is 2.54. The van der Waals surface area contributed by atoms with Gasteiger partial charge in [0.15, 0.2) is 0 Å². The van der Waals surface area contributed by atoms with Gasteiger partial charge in [0.1, 0.15) is 11.8 Å². The molecule has 1 amide bonds. The predicted octanol–water partition coefficient (Wildman–Crippen LogP) is 4.01. The molecular formula is C27H30N2O4. The number of carboxylic acids is 1. The van der Waals surface area contributed by atoms with Crippen LogP contribution in [-0.2, 0) is 9.59 Å². The molecule has 2 saturated carbocycles. The van der Waals surface area contributed by atoms with E-state index in [0.29, 0.717) is 18.0 Å². The first-order valence-corrected chi connectivity index (χ1v) is 12.0. The lowest BCUT2D eigenvalue weighted by Gasteiger charge is -2.49. The van der Waals surface area contributed by atoms with Crippen molar-refractivity contribution in [3.8, 4) is 0 Å². The summed E-state index contributed by atoms with van der Waals surface area (Å²) in [6.45, 7) is 0.600. The second-order valence-corrected chi connectivity index (χ2v) is 9.71. The number of nitrogens with one attached hydrogen (secondary N) is 1. The summed E-state index contributed by atoms with van der Waals surface area (Å²) in [5.41, 5.74) is 0.859. The van der Waals surface area contributed by atoms with Crippen LogP contribution in [0.5, 0.6) is 0 Å². The first-order valence-electron chi connectivity index (χ1n) is 12.0. The van der Waals surface area contributed by atoms with Gasteiger partial charge in [0.2, 0.25) is 0 Å². The monoisotopic (exact) mass is 446 g/mol. The zero-order valence-electron chi connectivity index (χ0n) is 18.7. The molecule has 0 bridgehead atoms. The van der Waals surface area contributed by atoms with Gasteiger partial charge >= 0.3 is 5.97 Å². The minimum atomic E-state index is -1.38. The van der Waals surface area contributed by atoms with Crippen molar-refractivity contribution in [1.82, 2.24) is 5.32 Å². The Morgan fingerprint density at radius 3 is 2.45 bits per heavy atom. The summed E-state index contributed by atoms with van der Waals surface area (Å²) < 4.78 is 0. The fourth-order valence-corrected chi connectivity index (χ4v) is 6.05. The average Bonchev–Trinajstić information content (AvgIpc) is 3.55. The molecule has 1 heterocycles. The highest BCUT2D eigenvalue weighted by Gasteiger charge is 2.57. The average molecular weight is 447 g/mol. The van der Waals surface area contributed by atoms with Gasteiger partial charge < -0.3 is 20.1 Å². The number of anilines is 1. The Balaban J connectivity index is 1.64. The third kappa shape index (κ3) is 3.76. The van der Waals surface area contributed by atoms with E-state index in [4.69, 9.17) is 0 Å². The molecule has 0 saturated heterocycles. The third-order valence-electron chi connectivity index (χ3n) is 7.78. The summed E-state index contributed by atoms with van der Waals surface area (Å²) in [6.07, 6.45) is 5.42. The molecule has 0 aromatic heterocycles. The molecule has 1 aliphatic heterocycles. The zero-order chi connectivity index (χ0) is 23.0. The third-order valence-corrected chi connectivity index (χ3v) is 7.78. The van der Waals surface area contributed by atoms with E-state index >= 15 is 0 Å². The minimum absolute atomic E-state index is 0.0321. The molecule has 2 fully saturated rings. The lowest BCUT2D eigenvalue weighted by atomic mass is 9.65. The number of rotatable bonds is 8. The summed E-state index contributed by atoms with van der Waals surface area (Å²) in [4.78, 5) is 40.3. The molecule has 2 N–H and O–H groups in total. The number of benzene rings is 2. The summed E-state index contributed by atoms with van der Waals surface area (Å²) in [5.74, 6) is -0.980. The van der Waals surface area contributed by atoms with E-state index in [0.717, 1.165) is 49.6 Å². The molecule has 6 heteroatoms. The van der Waals surface area contributed by atoms with E-state index in [2.05, 4.69) is 5.32 Å². The number of carbonyl (C=O) groups is 3. The standard InChI is InChI=1S/C27H30N2O4/c30-16-15-27(26(32)33,28-17-18-13-14-18)24-20-9-4-5-11-22(20)29(23-12-6-10-21(23)24)25(31)19-7-2-1-3-8-19/h1-5,7-9,11,16,18,21,23-24,28H,6,10,12-15,17H2,(H,32,33). The Hall–Kier alpha value is -2.99. The van der Waals surface area contributed by atoms with E-state index in [1.54, 1.807) is 0 Å². The van der Waals surface area contributed by atoms with Crippen molar-refractivity contribution in [3.05, 3.63) is 65.7 Å². The number of hydrogen-bond acceptors (Lipinski definition) is 4. The van der Waals surface area contributed by atoms with Crippen molar-refractivity contribution in [2.24, 2.45) is 11.8 Å². The summed E-state index contributed by atoms with van der Waals surface area (Å²) in [7, 11) is 0. The van der Waals surface area contributed by atoms with Gasteiger partial charge in [-0.05, 0) is 67.8 Å². The van der Waals surface area contributed by atoms with E-state index < -0.39 is 11.5 Å². The number of nitrogens with zero attached hydrogens (tertiary/aromatic N) is 1. The van der Waals surface area contributed by atoms with Crippen LogP contribution >= 0.6 is 0 Å². The number of fused-ring (bicyclic) bond motifs is 2. The van der Waals surface area contributed by atoms with Crippen LogP contribution < -0.4 is 10.2 Å². The Morgan fingerprint density at radius 2 is 1.76 bits per heavy atom. The van der Waals surface area contributed by atoms with Crippen molar-refractivity contribution in [2.75, 3.05) is 11.4 Å². The lowest BCUT2D eigenvalue weighted by Crippen LogP contribution is -2.62. The number of aldehydes is 1. The fraction of sp³-hybridized carbons (Fsp3) is 0.444. The van der Waals surface area contributed by atoms with Crippen molar-refractivity contribution in [2.45, 2.75) is 56.0 Å². The van der Waals surface area contributed by atoms with E-state index in [-0.39, 0.29) is 30.2 Å². The molecule has 4 unspecified atom stereocenters. The molecule has 0 radical (unpaired) electrons. The van der Waals surface area contributed by atoms with Crippen LogP contribution in [0.4, 0.5) is 5.69 Å². The highest BCUT2D eigenvalue weighted by molar-refractivity contribution is 6.07. The first-order chi connectivity index (χ1) is 16.1. The summed E-state index contributed by atoms with van der Waals surface area (Å²) in [6, 6.07) is 16.8. The Morgan fingerprint density at radius 1 is 1.03 bits per heavy atom. The Bertz CT molecular complexity index is 1050. The van der Waals surface area contributed by atoms with Crippen LogP contribution in [0.3, 0.4) is 0 Å². The van der Waals surface area contributed by atoms with Crippen molar-refractivity contribution in [3.63, 3.8) is 0 Å². The van der Waals surface area contributed by atoms with E-state index in [1.165, 1.54) is 0 Å². The lowest BCUT2D eigenvalue weighted by molar-refractivity contribution is -0.148. The molecule has 5 rings (SSSR count). The smallest absolute Gasteiger partial charge is 0.325 e. The second kappa shape index (κ2) is 8.75. The van der Waals surface area contributed by atoms with Crippen LogP contribution in [0.1, 0.15) is 60.4 Å². The van der Waals surface area contributed by atoms with Gasteiger partial charge in [-0.25, -0.2) is 0 Å². The quantitative estimate of drug-likeness (QED) is 0.599. The number of hydrogen-bond donors (Lipinski definition) is 2. The second-order valence-electron chi connectivity index (χ2n) is 9.71. The maximum absolute atomic E-state index is 13.7. The van der Waals surface area contributed by atoms with Crippen molar-refractivity contribution >= 4 is 23.9 Å². The highest BCUT2D eigenvalue weighted by atomic mass is 16.4. The van der Waals surface area contributed by atoms with Gasteiger partial charge in [-0.1, -0.05) is 42.8 Å². The zero-order valence-corrected chi connectivity index (χ0v) is 18.7. The number of amides is 1. The van der Waals surface area contributed by atoms with Crippen LogP contribution in [-0.4, -0.2) is 41.4 Å². The number of aliphatic carboxylic acids is 1. The van der Waals surface area contributed by atoms with Crippen molar-refractivity contribution < 1.29 is 19.5 Å². The molecule has 0 spiro atoms. The van der Waals surface area contributed by atoms with Gasteiger partial charge in [-0.2, -0.15) is 0 Å². The van der Waals surface area contributed by atoms with Crippen LogP contribution in [0.15, 0.2) is 54.6 Å². The minimum Gasteiger partial charge on any atom is -0.480 e. The molecule has 2 aromatic rings. The maximum atomic E-state index is 13.7. The number of para-hydroxylation sites is 1. The molecule has 6 nitrogen and oxygen atoms in total. The van der Waals surface area contributed by atoms with E-state index in [1.807, 2.05) is 59.5 Å². The van der Waals surface area contributed by atoms with Gasteiger partial charge in [0.05, 0.1) is 0 Å². The Labute approximate surface area is 194 Å². The molecule has 4 atom stereocenters. The van der Waals surface area contributed by atoms with Crippen LogP contribution in [0.2, 0.25) is 0 Å². The molecular weight excluding hydrogens is 416 g/mol. The van der Waals surface area contributed by atoms with Gasteiger partial charge in [-0.15, -0.1) is 0 Å². The number of carboxylic acid groups (broad SMARTS) is 1. The molecule has 172 valence electrons. The molecule has 3 aliphatic rings. The van der Waals surface area contributed by atoms with Gasteiger partial charge in [0.25, 0.3) is 5.91 Å². The van der Waals surface area contributed by atoms with Crippen molar-refractivity contribution in [1.29, 1.82) is 0 Å². The summed E-state index contributed by atoms with van der Waals surface area (Å²) in [5, 5.41) is 13.9. The maximum Gasteiger partial charge on any atom is 0.325 e. The fourth-order valence-electron chi connectivity index (χ4n) is 6.05. The van der Waals surface area contributed by atoms with Gasteiger partial charge in [0, 0.05) is 29.6 Å². The largest absolute Gasteiger partial charge is 0.480 e. The SMILES string of the molecule is O=CCC(NCC1CC1)(C(=O)O)C1c2ccccc2N(C(=O)c2ccccc2)C2CCCC21. The molecule has 33 heavy (non-hydrogen) atoms. The first kappa shape index (κ1) is 21.8. The Kier molecular flexibility index (Phi) is 5.79. The number of carbonyl (C=O) groups excluding carboxylic acids is 2. The molecule has 2 aromatic carbocycles. The topological polar surface area (TPSA) is 86.7 Å².